The highest BCUT2D eigenvalue weighted by atomic mass is 35.5. The Bertz CT molecular complexity index is 646. The van der Waals surface area contributed by atoms with Crippen molar-refractivity contribution in [3.05, 3.63) is 53.1 Å². The van der Waals surface area contributed by atoms with Crippen LogP contribution in [0.15, 0.2) is 42.5 Å². The first kappa shape index (κ1) is 15.6. The molecule has 0 saturated heterocycles. The average molecular weight is 321 g/mol. The van der Waals surface area contributed by atoms with Crippen LogP contribution in [0.2, 0.25) is 5.02 Å². The van der Waals surface area contributed by atoms with Crippen molar-refractivity contribution in [3.8, 4) is 5.75 Å². The Morgan fingerprint density at radius 1 is 1.19 bits per heavy atom. The zero-order valence-electron chi connectivity index (χ0n) is 11.9. The van der Waals surface area contributed by atoms with Crippen LogP contribution in [0, 0.1) is 0 Å². The van der Waals surface area contributed by atoms with E-state index in [9.17, 15) is 0 Å². The van der Waals surface area contributed by atoms with E-state index in [1.54, 1.807) is 25.3 Å². The van der Waals surface area contributed by atoms with E-state index in [1.165, 1.54) is 5.56 Å². The predicted octanol–water partition coefficient (Wildman–Crippen LogP) is 4.72. The van der Waals surface area contributed by atoms with Crippen LogP contribution in [0.4, 0.5) is 11.4 Å². The van der Waals surface area contributed by atoms with E-state index < -0.39 is 0 Å². The molecule has 2 N–H and O–H groups in total. The molecule has 3 nitrogen and oxygen atoms in total. The van der Waals surface area contributed by atoms with Gasteiger partial charge in [-0.15, -0.1) is 0 Å². The second-order valence-electron chi connectivity index (χ2n) is 4.48. The lowest BCUT2D eigenvalue weighted by molar-refractivity contribution is 0.417. The molecule has 21 heavy (non-hydrogen) atoms. The van der Waals surface area contributed by atoms with Gasteiger partial charge >= 0.3 is 0 Å². The lowest BCUT2D eigenvalue weighted by Crippen LogP contribution is -2.19. The molecule has 0 fully saturated rings. The molecule has 0 aliphatic carbocycles. The molecule has 0 bridgehead atoms. The Balaban J connectivity index is 2.09. The van der Waals surface area contributed by atoms with Gasteiger partial charge in [-0.25, -0.2) is 0 Å². The van der Waals surface area contributed by atoms with E-state index in [2.05, 4.69) is 29.7 Å². The molecule has 0 atom stereocenters. The second-order valence-corrected chi connectivity index (χ2v) is 5.32. The van der Waals surface area contributed by atoms with E-state index in [0.717, 1.165) is 17.8 Å². The second kappa shape index (κ2) is 7.29. The quantitative estimate of drug-likeness (QED) is 0.799. The van der Waals surface area contributed by atoms with Gasteiger partial charge in [0.1, 0.15) is 5.75 Å². The maximum absolute atomic E-state index is 6.00. The third-order valence-corrected chi connectivity index (χ3v) is 3.44. The van der Waals surface area contributed by atoms with E-state index in [0.29, 0.717) is 15.9 Å². The van der Waals surface area contributed by atoms with Crippen molar-refractivity contribution in [2.24, 2.45) is 0 Å². The van der Waals surface area contributed by atoms with Crippen molar-refractivity contribution >= 4 is 40.3 Å². The number of halogens is 1. The Kier molecular flexibility index (Phi) is 5.42. The molecular formula is C16H17ClN2OS. The van der Waals surface area contributed by atoms with Crippen molar-refractivity contribution in [1.29, 1.82) is 0 Å². The molecule has 0 saturated carbocycles. The summed E-state index contributed by atoms with van der Waals surface area (Å²) >= 11 is 11.3. The van der Waals surface area contributed by atoms with E-state index in [4.69, 9.17) is 28.6 Å². The lowest BCUT2D eigenvalue weighted by Gasteiger charge is -2.14. The monoisotopic (exact) mass is 320 g/mol. The summed E-state index contributed by atoms with van der Waals surface area (Å²) in [4.78, 5) is 0. The van der Waals surface area contributed by atoms with Gasteiger partial charge in [0.25, 0.3) is 0 Å². The van der Waals surface area contributed by atoms with Crippen molar-refractivity contribution in [2.75, 3.05) is 17.7 Å². The number of benzene rings is 2. The number of ether oxygens (including phenoxy) is 1. The molecule has 2 aromatic rings. The molecule has 0 spiro atoms. The third kappa shape index (κ3) is 4.34. The van der Waals surface area contributed by atoms with Gasteiger partial charge in [0.2, 0.25) is 0 Å². The summed E-state index contributed by atoms with van der Waals surface area (Å²) < 4.78 is 5.28. The summed E-state index contributed by atoms with van der Waals surface area (Å²) in [5.41, 5.74) is 2.94. The molecule has 2 rings (SSSR count). The van der Waals surface area contributed by atoms with Gasteiger partial charge in [0.05, 0.1) is 12.8 Å². The molecule has 110 valence electrons. The van der Waals surface area contributed by atoms with Crippen LogP contribution in [-0.2, 0) is 6.42 Å². The molecule has 0 unspecified atom stereocenters. The summed E-state index contributed by atoms with van der Waals surface area (Å²) in [6, 6.07) is 13.5. The summed E-state index contributed by atoms with van der Waals surface area (Å²) in [7, 11) is 1.61. The normalized spacial score (nSPS) is 10.0. The van der Waals surface area contributed by atoms with Gasteiger partial charge in [-0.2, -0.15) is 0 Å². The van der Waals surface area contributed by atoms with E-state index in [1.807, 2.05) is 12.1 Å². The van der Waals surface area contributed by atoms with Gasteiger partial charge in [-0.3, -0.25) is 0 Å². The number of nitrogens with one attached hydrogen (secondary N) is 2. The van der Waals surface area contributed by atoms with Crippen LogP contribution in [0.5, 0.6) is 5.75 Å². The molecule has 0 amide bonds. The number of anilines is 2. The minimum absolute atomic E-state index is 0.490. The first-order chi connectivity index (χ1) is 10.1. The smallest absolute Gasteiger partial charge is 0.175 e. The maximum Gasteiger partial charge on any atom is 0.175 e. The van der Waals surface area contributed by atoms with E-state index in [-0.39, 0.29) is 0 Å². The Morgan fingerprint density at radius 2 is 2.00 bits per heavy atom. The Labute approximate surface area is 135 Å². The van der Waals surface area contributed by atoms with Crippen LogP contribution in [0.25, 0.3) is 0 Å². The molecule has 0 radical (unpaired) electrons. The lowest BCUT2D eigenvalue weighted by atomic mass is 10.1. The van der Waals surface area contributed by atoms with Crippen molar-refractivity contribution < 1.29 is 4.74 Å². The fourth-order valence-corrected chi connectivity index (χ4v) is 2.33. The molecule has 5 heteroatoms. The Morgan fingerprint density at radius 3 is 2.71 bits per heavy atom. The largest absolute Gasteiger partial charge is 0.495 e. The van der Waals surface area contributed by atoms with Gasteiger partial charge in [0, 0.05) is 10.7 Å². The standard InChI is InChI=1S/C16H17ClN2OS/c1-3-11-5-4-6-13(9-11)18-16(21)19-14-10-12(17)7-8-15(14)20-2/h4-10H,3H2,1-2H3,(H2,18,19,21). The van der Waals surface area contributed by atoms with Gasteiger partial charge in [0.15, 0.2) is 5.11 Å². The molecule has 0 aliphatic rings. The van der Waals surface area contributed by atoms with Gasteiger partial charge < -0.3 is 15.4 Å². The minimum atomic E-state index is 0.490. The first-order valence-electron chi connectivity index (χ1n) is 6.63. The third-order valence-electron chi connectivity index (χ3n) is 3.00. The fourth-order valence-electron chi connectivity index (χ4n) is 1.93. The summed E-state index contributed by atoms with van der Waals surface area (Å²) in [6.45, 7) is 2.12. The minimum Gasteiger partial charge on any atom is -0.495 e. The summed E-state index contributed by atoms with van der Waals surface area (Å²) in [5, 5.41) is 7.37. The zero-order valence-corrected chi connectivity index (χ0v) is 13.5. The highest BCUT2D eigenvalue weighted by Crippen LogP contribution is 2.27. The molecule has 0 aromatic heterocycles. The average Bonchev–Trinajstić information content (AvgIpc) is 2.47. The van der Waals surface area contributed by atoms with Crippen LogP contribution < -0.4 is 15.4 Å². The van der Waals surface area contributed by atoms with Crippen LogP contribution in [-0.4, -0.2) is 12.2 Å². The van der Waals surface area contributed by atoms with Crippen LogP contribution in [0.1, 0.15) is 12.5 Å². The SMILES string of the molecule is CCc1cccc(NC(=S)Nc2cc(Cl)ccc2OC)c1. The van der Waals surface area contributed by atoms with Gasteiger partial charge in [-0.1, -0.05) is 30.7 Å². The first-order valence-corrected chi connectivity index (χ1v) is 7.41. The van der Waals surface area contributed by atoms with Gasteiger partial charge in [-0.05, 0) is 54.5 Å². The van der Waals surface area contributed by atoms with Crippen molar-refractivity contribution in [1.82, 2.24) is 0 Å². The van der Waals surface area contributed by atoms with Crippen molar-refractivity contribution in [3.63, 3.8) is 0 Å². The number of methoxy groups -OCH3 is 1. The fraction of sp³-hybridized carbons (Fsp3) is 0.188. The van der Waals surface area contributed by atoms with Crippen LogP contribution >= 0.6 is 23.8 Å². The molecular weight excluding hydrogens is 304 g/mol. The highest BCUT2D eigenvalue weighted by molar-refractivity contribution is 7.80. The number of hydrogen-bond acceptors (Lipinski definition) is 2. The van der Waals surface area contributed by atoms with E-state index >= 15 is 0 Å². The van der Waals surface area contributed by atoms with Crippen molar-refractivity contribution in [2.45, 2.75) is 13.3 Å². The number of hydrogen-bond donors (Lipinski definition) is 2. The molecule has 0 aliphatic heterocycles. The Hall–Kier alpha value is -1.78. The predicted molar refractivity (Wildman–Crippen MR) is 93.7 cm³/mol. The highest BCUT2D eigenvalue weighted by Gasteiger charge is 2.06. The van der Waals surface area contributed by atoms with Crippen LogP contribution in [0.3, 0.4) is 0 Å². The molecule has 2 aromatic carbocycles. The summed E-state index contributed by atoms with van der Waals surface area (Å²) in [5.74, 6) is 0.686. The number of rotatable bonds is 4. The molecule has 0 heterocycles. The summed E-state index contributed by atoms with van der Waals surface area (Å²) in [6.07, 6.45) is 0.984. The maximum atomic E-state index is 6.00. The zero-order chi connectivity index (χ0) is 15.2. The number of aryl methyl sites for hydroxylation is 1. The number of thiocarbonyl (C=S) groups is 1. The topological polar surface area (TPSA) is 33.3 Å².